The first kappa shape index (κ1) is 17.3. The number of carbonyl (C=O) groups excluding carboxylic acids is 1. The molecule has 1 amide bonds. The van der Waals surface area contributed by atoms with Crippen LogP contribution in [0.4, 0.5) is 13.2 Å². The van der Waals surface area contributed by atoms with Crippen molar-refractivity contribution >= 4 is 11.9 Å². The first-order chi connectivity index (χ1) is 10.6. The number of likely N-dealkylation sites (tertiary alicyclic amines) is 1. The van der Waals surface area contributed by atoms with Crippen LogP contribution in [0.15, 0.2) is 24.3 Å². The molecule has 0 spiro atoms. The van der Waals surface area contributed by atoms with Gasteiger partial charge in [-0.15, -0.1) is 0 Å². The van der Waals surface area contributed by atoms with E-state index in [9.17, 15) is 27.9 Å². The van der Waals surface area contributed by atoms with Crippen molar-refractivity contribution in [1.82, 2.24) is 4.90 Å². The number of aryl methyl sites for hydroxylation is 1. The average Bonchev–Trinajstić information content (AvgIpc) is 2.88. The largest absolute Gasteiger partial charge is 0.481 e. The van der Waals surface area contributed by atoms with Crippen molar-refractivity contribution in [3.63, 3.8) is 0 Å². The smallest absolute Gasteiger partial charge is 0.389 e. The van der Waals surface area contributed by atoms with Gasteiger partial charge in [-0.3, -0.25) is 9.59 Å². The van der Waals surface area contributed by atoms with Crippen LogP contribution in [0.3, 0.4) is 0 Å². The monoisotopic (exact) mass is 329 g/mol. The Morgan fingerprint density at radius 2 is 1.87 bits per heavy atom. The fraction of sp³-hybridized carbons (Fsp3) is 0.500. The van der Waals surface area contributed by atoms with Gasteiger partial charge >= 0.3 is 12.1 Å². The number of benzene rings is 1. The SMILES string of the molecule is CC1(C(=O)O)CCN(C(=O)c2ccc(CCC(F)(F)F)cc2)C1. The number of carboxylic acids is 1. The zero-order valence-electron chi connectivity index (χ0n) is 12.7. The Hall–Kier alpha value is -2.05. The molecule has 4 nitrogen and oxygen atoms in total. The van der Waals surface area contributed by atoms with Gasteiger partial charge in [0.1, 0.15) is 0 Å². The van der Waals surface area contributed by atoms with Crippen LogP contribution in [0.5, 0.6) is 0 Å². The highest BCUT2D eigenvalue weighted by atomic mass is 19.4. The molecule has 1 fully saturated rings. The molecule has 1 atom stereocenters. The number of aliphatic carboxylic acids is 1. The molecule has 0 saturated carbocycles. The van der Waals surface area contributed by atoms with Crippen LogP contribution in [0.25, 0.3) is 0 Å². The summed E-state index contributed by atoms with van der Waals surface area (Å²) in [5.41, 5.74) is -0.0754. The third-order valence-electron chi connectivity index (χ3n) is 4.17. The highest BCUT2D eigenvalue weighted by Crippen LogP contribution is 2.31. The minimum atomic E-state index is -4.20. The summed E-state index contributed by atoms with van der Waals surface area (Å²) in [6.45, 7) is 2.09. The predicted octanol–water partition coefficient (Wildman–Crippen LogP) is 3.12. The van der Waals surface area contributed by atoms with Crippen molar-refractivity contribution < 1.29 is 27.9 Å². The van der Waals surface area contributed by atoms with Gasteiger partial charge in [0.15, 0.2) is 0 Å². The van der Waals surface area contributed by atoms with E-state index in [0.717, 1.165) is 0 Å². The summed E-state index contributed by atoms with van der Waals surface area (Å²) in [6, 6.07) is 5.99. The van der Waals surface area contributed by atoms with Gasteiger partial charge in [0.05, 0.1) is 5.41 Å². The van der Waals surface area contributed by atoms with Crippen LogP contribution in [0.2, 0.25) is 0 Å². The quantitative estimate of drug-likeness (QED) is 0.923. The molecule has 126 valence electrons. The summed E-state index contributed by atoms with van der Waals surface area (Å²) in [7, 11) is 0. The lowest BCUT2D eigenvalue weighted by Crippen LogP contribution is -2.34. The molecule has 1 aliphatic heterocycles. The van der Waals surface area contributed by atoms with E-state index in [2.05, 4.69) is 0 Å². The molecule has 2 rings (SSSR count). The number of hydrogen-bond donors (Lipinski definition) is 1. The molecule has 1 aromatic rings. The molecule has 7 heteroatoms. The maximum atomic E-state index is 12.3. The van der Waals surface area contributed by atoms with Crippen LogP contribution in [0.1, 0.15) is 35.7 Å². The van der Waals surface area contributed by atoms with Crippen LogP contribution in [-0.4, -0.2) is 41.1 Å². The molecule has 1 aliphatic rings. The first-order valence-corrected chi connectivity index (χ1v) is 7.29. The van der Waals surface area contributed by atoms with E-state index in [-0.39, 0.29) is 18.9 Å². The molecule has 0 aromatic heterocycles. The topological polar surface area (TPSA) is 57.6 Å². The molecule has 1 saturated heterocycles. The minimum absolute atomic E-state index is 0.126. The lowest BCUT2D eigenvalue weighted by Gasteiger charge is -2.20. The molecule has 0 radical (unpaired) electrons. The zero-order chi connectivity index (χ0) is 17.3. The van der Waals surface area contributed by atoms with Gasteiger partial charge in [-0.05, 0) is 37.5 Å². The Bertz CT molecular complexity index is 598. The third kappa shape index (κ3) is 4.24. The molecule has 0 aliphatic carbocycles. The molecule has 1 heterocycles. The number of nitrogens with zero attached hydrogens (tertiary/aromatic N) is 1. The van der Waals surface area contributed by atoms with Gasteiger partial charge in [-0.2, -0.15) is 13.2 Å². The van der Waals surface area contributed by atoms with E-state index < -0.39 is 24.0 Å². The maximum Gasteiger partial charge on any atom is 0.389 e. The number of carbonyl (C=O) groups is 2. The summed E-state index contributed by atoms with van der Waals surface area (Å²) in [6.07, 6.45) is -4.84. The van der Waals surface area contributed by atoms with Crippen molar-refractivity contribution in [2.24, 2.45) is 5.41 Å². The fourth-order valence-corrected chi connectivity index (χ4v) is 2.59. The second-order valence-electron chi connectivity index (χ2n) is 6.15. The molecule has 1 aromatic carbocycles. The summed E-state index contributed by atoms with van der Waals surface area (Å²) in [5, 5.41) is 9.17. The standard InChI is InChI=1S/C16H18F3NO3/c1-15(14(22)23)8-9-20(10-15)13(21)12-4-2-11(3-5-12)6-7-16(17,18)19/h2-5H,6-10H2,1H3,(H,22,23). The molecule has 23 heavy (non-hydrogen) atoms. The Morgan fingerprint density at radius 1 is 1.26 bits per heavy atom. The number of rotatable bonds is 4. The second kappa shape index (κ2) is 6.22. The Kier molecular flexibility index (Phi) is 4.68. The zero-order valence-corrected chi connectivity index (χ0v) is 12.7. The van der Waals surface area contributed by atoms with Crippen LogP contribution < -0.4 is 0 Å². The van der Waals surface area contributed by atoms with Crippen molar-refractivity contribution in [3.05, 3.63) is 35.4 Å². The number of carboxylic acid groups (broad SMARTS) is 1. The molecular formula is C16H18F3NO3. The Balaban J connectivity index is 2.00. The van der Waals surface area contributed by atoms with Gasteiger partial charge < -0.3 is 10.0 Å². The number of amides is 1. The number of hydrogen-bond acceptors (Lipinski definition) is 2. The highest BCUT2D eigenvalue weighted by Gasteiger charge is 2.42. The van der Waals surface area contributed by atoms with Gasteiger partial charge in [0.2, 0.25) is 0 Å². The van der Waals surface area contributed by atoms with Crippen LogP contribution in [0, 0.1) is 5.41 Å². The third-order valence-corrected chi connectivity index (χ3v) is 4.17. The average molecular weight is 329 g/mol. The number of halogens is 3. The number of alkyl halides is 3. The van der Waals surface area contributed by atoms with E-state index in [4.69, 9.17) is 0 Å². The summed E-state index contributed by atoms with van der Waals surface area (Å²) >= 11 is 0. The highest BCUT2D eigenvalue weighted by molar-refractivity contribution is 5.95. The van der Waals surface area contributed by atoms with E-state index >= 15 is 0 Å². The maximum absolute atomic E-state index is 12.3. The van der Waals surface area contributed by atoms with E-state index in [1.165, 1.54) is 29.2 Å². The van der Waals surface area contributed by atoms with Gasteiger partial charge in [0.25, 0.3) is 5.91 Å². The van der Waals surface area contributed by atoms with Crippen molar-refractivity contribution in [1.29, 1.82) is 0 Å². The Labute approximate surface area is 131 Å². The summed E-state index contributed by atoms with van der Waals surface area (Å²) < 4.78 is 36.5. The lowest BCUT2D eigenvalue weighted by molar-refractivity contribution is -0.147. The minimum Gasteiger partial charge on any atom is -0.481 e. The second-order valence-corrected chi connectivity index (χ2v) is 6.15. The van der Waals surface area contributed by atoms with Gasteiger partial charge in [-0.25, -0.2) is 0 Å². The van der Waals surface area contributed by atoms with Gasteiger partial charge in [-0.1, -0.05) is 12.1 Å². The summed E-state index contributed by atoms with van der Waals surface area (Å²) in [4.78, 5) is 25.0. The van der Waals surface area contributed by atoms with Crippen LogP contribution in [-0.2, 0) is 11.2 Å². The molecular weight excluding hydrogens is 311 g/mol. The van der Waals surface area contributed by atoms with Crippen molar-refractivity contribution in [3.8, 4) is 0 Å². The summed E-state index contributed by atoms with van der Waals surface area (Å²) in [5.74, 6) is -1.23. The lowest BCUT2D eigenvalue weighted by atomic mass is 9.90. The fourth-order valence-electron chi connectivity index (χ4n) is 2.59. The Morgan fingerprint density at radius 3 is 2.35 bits per heavy atom. The van der Waals surface area contributed by atoms with E-state index in [1.54, 1.807) is 6.92 Å². The predicted molar refractivity (Wildman–Crippen MR) is 77.1 cm³/mol. The normalized spacial score (nSPS) is 21.5. The van der Waals surface area contributed by atoms with Crippen molar-refractivity contribution in [2.75, 3.05) is 13.1 Å². The van der Waals surface area contributed by atoms with Gasteiger partial charge in [0, 0.05) is 25.1 Å². The van der Waals surface area contributed by atoms with Crippen molar-refractivity contribution in [2.45, 2.75) is 32.4 Å². The molecule has 1 N–H and O–H groups in total. The van der Waals surface area contributed by atoms with E-state index in [0.29, 0.717) is 24.1 Å². The molecule has 1 unspecified atom stereocenters. The van der Waals surface area contributed by atoms with E-state index in [1.807, 2.05) is 0 Å². The molecule has 0 bridgehead atoms. The van der Waals surface area contributed by atoms with Crippen LogP contribution >= 0.6 is 0 Å². The first-order valence-electron chi connectivity index (χ1n) is 7.29.